The van der Waals surface area contributed by atoms with Crippen LogP contribution in [0, 0.1) is 0 Å². The second-order valence-electron chi connectivity index (χ2n) is 8.24. The molecule has 0 spiro atoms. The quantitative estimate of drug-likeness (QED) is 0.212. The molecule has 0 aliphatic carbocycles. The van der Waals surface area contributed by atoms with E-state index in [1.54, 1.807) is 0 Å². The zero-order valence-corrected chi connectivity index (χ0v) is 17.5. The average Bonchev–Trinajstić information content (AvgIpc) is 2.53. The van der Waals surface area contributed by atoms with E-state index in [1.165, 1.54) is 83.5 Å². The fourth-order valence-electron chi connectivity index (χ4n) is 2.93. The van der Waals surface area contributed by atoms with Crippen LogP contribution in [-0.4, -0.2) is 24.8 Å². The van der Waals surface area contributed by atoms with E-state index < -0.39 is 5.60 Å². The van der Waals surface area contributed by atoms with Crippen molar-refractivity contribution in [2.24, 2.45) is 0 Å². The first kappa shape index (κ1) is 24.4. The number of hydrogen-bond acceptors (Lipinski definition) is 3. The van der Waals surface area contributed by atoms with Crippen LogP contribution in [0.15, 0.2) is 0 Å². The van der Waals surface area contributed by atoms with Gasteiger partial charge in [-0.2, -0.15) is 0 Å². The van der Waals surface area contributed by atoms with E-state index in [1.807, 2.05) is 20.8 Å². The Hall–Kier alpha value is -0.570. The maximum absolute atomic E-state index is 11.5. The van der Waals surface area contributed by atoms with Crippen LogP contribution >= 0.6 is 0 Å². The summed E-state index contributed by atoms with van der Waals surface area (Å²) < 4.78 is 10.6. The molecule has 3 nitrogen and oxygen atoms in total. The second kappa shape index (κ2) is 16.9. The molecule has 0 bridgehead atoms. The number of hydrogen-bond donors (Lipinski definition) is 0. The van der Waals surface area contributed by atoms with Crippen molar-refractivity contribution < 1.29 is 14.3 Å². The Bertz CT molecular complexity index is 294. The first-order valence-electron chi connectivity index (χ1n) is 10.8. The smallest absolute Gasteiger partial charge is 0.332 e. The molecule has 0 amide bonds. The highest BCUT2D eigenvalue weighted by Crippen LogP contribution is 2.13. The van der Waals surface area contributed by atoms with Gasteiger partial charge < -0.3 is 9.47 Å². The van der Waals surface area contributed by atoms with Crippen molar-refractivity contribution in [1.29, 1.82) is 0 Å². The van der Waals surface area contributed by atoms with Gasteiger partial charge >= 0.3 is 5.97 Å². The molecule has 0 unspecified atom stereocenters. The molecule has 0 aromatic heterocycles. The first-order chi connectivity index (χ1) is 12.0. The number of carbonyl (C=O) groups is 1. The Balaban J connectivity index is 3.13. The molecule has 0 saturated heterocycles. The van der Waals surface area contributed by atoms with Gasteiger partial charge in [-0.05, 0) is 27.2 Å². The van der Waals surface area contributed by atoms with Crippen molar-refractivity contribution in [3.63, 3.8) is 0 Å². The van der Waals surface area contributed by atoms with Crippen LogP contribution in [0.5, 0.6) is 0 Å². The molecule has 0 N–H and O–H groups in total. The van der Waals surface area contributed by atoms with Crippen molar-refractivity contribution in [1.82, 2.24) is 0 Å². The summed E-state index contributed by atoms with van der Waals surface area (Å²) in [5.41, 5.74) is -0.421. The Morgan fingerprint density at radius 1 is 0.680 bits per heavy atom. The van der Waals surface area contributed by atoms with E-state index in [4.69, 9.17) is 9.47 Å². The number of rotatable bonds is 17. The zero-order chi connectivity index (χ0) is 18.8. The third kappa shape index (κ3) is 21.4. The molecule has 0 heterocycles. The van der Waals surface area contributed by atoms with E-state index >= 15 is 0 Å². The van der Waals surface area contributed by atoms with Crippen molar-refractivity contribution in [3.05, 3.63) is 0 Å². The first-order valence-corrected chi connectivity index (χ1v) is 10.8. The van der Waals surface area contributed by atoms with Crippen LogP contribution in [0.3, 0.4) is 0 Å². The summed E-state index contributed by atoms with van der Waals surface area (Å²) >= 11 is 0. The summed E-state index contributed by atoms with van der Waals surface area (Å²) in [4.78, 5) is 11.5. The standard InChI is InChI=1S/C22H44O3/c1-5-6-7-8-9-10-11-12-13-14-15-16-17-18-19-24-20-21(23)25-22(2,3)4/h5-20H2,1-4H3. The molecule has 0 saturated carbocycles. The van der Waals surface area contributed by atoms with Gasteiger partial charge in [-0.15, -0.1) is 0 Å². The third-order valence-electron chi connectivity index (χ3n) is 4.28. The van der Waals surface area contributed by atoms with Gasteiger partial charge in [0.05, 0.1) is 0 Å². The van der Waals surface area contributed by atoms with Crippen LogP contribution in [-0.2, 0) is 14.3 Å². The summed E-state index contributed by atoms with van der Waals surface area (Å²) in [5, 5.41) is 0. The van der Waals surface area contributed by atoms with Crippen LogP contribution < -0.4 is 0 Å². The normalized spacial score (nSPS) is 11.7. The van der Waals surface area contributed by atoms with Gasteiger partial charge in [0.25, 0.3) is 0 Å². The van der Waals surface area contributed by atoms with E-state index in [0.717, 1.165) is 6.42 Å². The highest BCUT2D eigenvalue weighted by molar-refractivity contribution is 5.71. The molecular formula is C22H44O3. The molecule has 0 aliphatic heterocycles. The summed E-state index contributed by atoms with van der Waals surface area (Å²) in [6.07, 6.45) is 18.9. The number of carbonyl (C=O) groups excluding carboxylic acids is 1. The highest BCUT2D eigenvalue weighted by Gasteiger charge is 2.15. The SMILES string of the molecule is CCCCCCCCCCCCCCCCOCC(=O)OC(C)(C)C. The fourth-order valence-corrected chi connectivity index (χ4v) is 2.93. The molecule has 0 fully saturated rings. The van der Waals surface area contributed by atoms with Gasteiger partial charge in [0.15, 0.2) is 0 Å². The molecule has 25 heavy (non-hydrogen) atoms. The van der Waals surface area contributed by atoms with Crippen molar-refractivity contribution in [2.75, 3.05) is 13.2 Å². The van der Waals surface area contributed by atoms with E-state index in [0.29, 0.717) is 6.61 Å². The van der Waals surface area contributed by atoms with Crippen LogP contribution in [0.4, 0.5) is 0 Å². The minimum absolute atomic E-state index is 0.0791. The maximum Gasteiger partial charge on any atom is 0.332 e. The number of ether oxygens (including phenoxy) is 2. The van der Waals surface area contributed by atoms with Crippen LogP contribution in [0.25, 0.3) is 0 Å². The Morgan fingerprint density at radius 2 is 1.08 bits per heavy atom. The Labute approximate surface area is 157 Å². The van der Waals surface area contributed by atoms with Gasteiger partial charge in [-0.1, -0.05) is 90.4 Å². The molecular weight excluding hydrogens is 312 g/mol. The molecule has 0 atom stereocenters. The number of unbranched alkanes of at least 4 members (excludes halogenated alkanes) is 13. The van der Waals surface area contributed by atoms with Gasteiger partial charge in [0, 0.05) is 6.61 Å². The molecule has 0 radical (unpaired) electrons. The van der Waals surface area contributed by atoms with Crippen molar-refractivity contribution >= 4 is 5.97 Å². The van der Waals surface area contributed by atoms with Gasteiger partial charge in [-0.3, -0.25) is 0 Å². The maximum atomic E-state index is 11.5. The molecule has 150 valence electrons. The lowest BCUT2D eigenvalue weighted by Crippen LogP contribution is -2.26. The summed E-state index contributed by atoms with van der Waals surface area (Å²) in [6, 6.07) is 0. The van der Waals surface area contributed by atoms with Crippen LogP contribution in [0.2, 0.25) is 0 Å². The molecule has 3 heteroatoms. The van der Waals surface area contributed by atoms with Crippen molar-refractivity contribution in [3.8, 4) is 0 Å². The lowest BCUT2D eigenvalue weighted by atomic mass is 10.0. The Kier molecular flexibility index (Phi) is 16.5. The second-order valence-corrected chi connectivity index (χ2v) is 8.24. The van der Waals surface area contributed by atoms with E-state index in [-0.39, 0.29) is 12.6 Å². The minimum Gasteiger partial charge on any atom is -0.458 e. The monoisotopic (exact) mass is 356 g/mol. The largest absolute Gasteiger partial charge is 0.458 e. The molecule has 0 aliphatic rings. The van der Waals surface area contributed by atoms with Crippen LogP contribution in [0.1, 0.15) is 118 Å². The summed E-state index contributed by atoms with van der Waals surface area (Å²) in [6.45, 7) is 8.64. The number of esters is 1. The average molecular weight is 357 g/mol. The van der Waals surface area contributed by atoms with Gasteiger partial charge in [0.1, 0.15) is 12.2 Å². The molecule has 0 aromatic carbocycles. The van der Waals surface area contributed by atoms with E-state index in [2.05, 4.69) is 6.92 Å². The minimum atomic E-state index is -0.421. The summed E-state index contributed by atoms with van der Waals surface area (Å²) in [5.74, 6) is -0.266. The molecule has 0 aromatic rings. The summed E-state index contributed by atoms with van der Waals surface area (Å²) in [7, 11) is 0. The van der Waals surface area contributed by atoms with E-state index in [9.17, 15) is 4.79 Å². The zero-order valence-electron chi connectivity index (χ0n) is 17.5. The third-order valence-corrected chi connectivity index (χ3v) is 4.28. The predicted molar refractivity (Wildman–Crippen MR) is 107 cm³/mol. The predicted octanol–water partition coefficient (Wildman–Crippen LogP) is 6.83. The lowest BCUT2D eigenvalue weighted by Gasteiger charge is -2.19. The topological polar surface area (TPSA) is 35.5 Å². The van der Waals surface area contributed by atoms with Gasteiger partial charge in [-0.25, -0.2) is 4.79 Å². The molecule has 0 rings (SSSR count). The van der Waals surface area contributed by atoms with Crippen molar-refractivity contribution in [2.45, 2.75) is 123 Å². The lowest BCUT2D eigenvalue weighted by molar-refractivity contribution is -0.160. The highest BCUT2D eigenvalue weighted by atomic mass is 16.6. The Morgan fingerprint density at radius 3 is 1.48 bits per heavy atom. The van der Waals surface area contributed by atoms with Gasteiger partial charge in [0.2, 0.25) is 0 Å². The fraction of sp³-hybridized carbons (Fsp3) is 0.955.